The highest BCUT2D eigenvalue weighted by Crippen LogP contribution is 2.15. The first-order valence-corrected chi connectivity index (χ1v) is 6.29. The maximum absolute atomic E-state index is 5.75. The predicted molar refractivity (Wildman–Crippen MR) is 64.0 cm³/mol. The van der Waals surface area contributed by atoms with Crippen molar-refractivity contribution in [3.8, 4) is 0 Å². The van der Waals surface area contributed by atoms with Crippen molar-refractivity contribution in [2.24, 2.45) is 5.73 Å². The third-order valence-corrected chi connectivity index (χ3v) is 3.36. The standard InChI is InChI=1S/C12H26N2O/c1-3-11(7-8-13)14(2)10-12-6-4-5-9-15-12/h11-12H,3-10,13H2,1-2H3. The van der Waals surface area contributed by atoms with Gasteiger partial charge in [-0.1, -0.05) is 6.92 Å². The molecule has 90 valence electrons. The molecule has 1 saturated heterocycles. The van der Waals surface area contributed by atoms with Gasteiger partial charge < -0.3 is 15.4 Å². The molecular weight excluding hydrogens is 188 g/mol. The van der Waals surface area contributed by atoms with Crippen molar-refractivity contribution < 1.29 is 4.74 Å². The van der Waals surface area contributed by atoms with E-state index >= 15 is 0 Å². The van der Waals surface area contributed by atoms with Gasteiger partial charge >= 0.3 is 0 Å². The number of nitrogens with two attached hydrogens (primary N) is 1. The quantitative estimate of drug-likeness (QED) is 0.730. The van der Waals surface area contributed by atoms with Gasteiger partial charge in [-0.05, 0) is 45.7 Å². The van der Waals surface area contributed by atoms with Gasteiger partial charge in [-0.25, -0.2) is 0 Å². The zero-order chi connectivity index (χ0) is 11.1. The van der Waals surface area contributed by atoms with Gasteiger partial charge in [-0.2, -0.15) is 0 Å². The highest BCUT2D eigenvalue weighted by Gasteiger charge is 2.19. The van der Waals surface area contributed by atoms with E-state index in [0.717, 1.165) is 26.1 Å². The van der Waals surface area contributed by atoms with E-state index in [1.165, 1.54) is 25.7 Å². The van der Waals surface area contributed by atoms with Crippen LogP contribution < -0.4 is 5.73 Å². The second kappa shape index (κ2) is 7.20. The monoisotopic (exact) mass is 214 g/mol. The largest absolute Gasteiger partial charge is 0.377 e. The van der Waals surface area contributed by atoms with Crippen LogP contribution in [0.2, 0.25) is 0 Å². The SMILES string of the molecule is CCC(CCN)N(C)CC1CCCCO1. The van der Waals surface area contributed by atoms with Crippen LogP contribution in [0.3, 0.4) is 0 Å². The molecule has 0 aromatic carbocycles. The van der Waals surface area contributed by atoms with Crippen molar-refractivity contribution in [3.63, 3.8) is 0 Å². The lowest BCUT2D eigenvalue weighted by atomic mass is 10.1. The summed E-state index contributed by atoms with van der Waals surface area (Å²) >= 11 is 0. The highest BCUT2D eigenvalue weighted by atomic mass is 16.5. The zero-order valence-electron chi connectivity index (χ0n) is 10.2. The average molecular weight is 214 g/mol. The molecule has 0 spiro atoms. The Bertz CT molecular complexity index is 158. The maximum atomic E-state index is 5.75. The molecule has 1 fully saturated rings. The molecule has 0 radical (unpaired) electrons. The first-order chi connectivity index (χ1) is 7.27. The van der Waals surface area contributed by atoms with Crippen molar-refractivity contribution >= 4 is 0 Å². The van der Waals surface area contributed by atoms with E-state index in [9.17, 15) is 0 Å². The molecule has 1 aliphatic heterocycles. The van der Waals surface area contributed by atoms with E-state index in [-0.39, 0.29) is 0 Å². The molecule has 0 amide bonds. The van der Waals surface area contributed by atoms with Crippen molar-refractivity contribution in [3.05, 3.63) is 0 Å². The molecule has 0 saturated carbocycles. The van der Waals surface area contributed by atoms with Crippen LogP contribution in [0, 0.1) is 0 Å². The number of hydrogen-bond acceptors (Lipinski definition) is 3. The minimum Gasteiger partial charge on any atom is -0.377 e. The summed E-state index contributed by atoms with van der Waals surface area (Å²) in [5.41, 5.74) is 5.62. The molecule has 1 aliphatic rings. The topological polar surface area (TPSA) is 38.5 Å². The Labute approximate surface area is 94.0 Å². The minimum absolute atomic E-state index is 0.454. The fourth-order valence-electron chi connectivity index (χ4n) is 2.35. The second-order valence-electron chi connectivity index (χ2n) is 4.57. The van der Waals surface area contributed by atoms with Gasteiger partial charge in [-0.15, -0.1) is 0 Å². The number of hydrogen-bond donors (Lipinski definition) is 1. The van der Waals surface area contributed by atoms with E-state index in [0.29, 0.717) is 12.1 Å². The Hall–Kier alpha value is -0.120. The van der Waals surface area contributed by atoms with Gasteiger partial charge in [-0.3, -0.25) is 0 Å². The minimum atomic E-state index is 0.454. The molecule has 2 atom stereocenters. The van der Waals surface area contributed by atoms with E-state index < -0.39 is 0 Å². The normalized spacial score (nSPS) is 24.4. The van der Waals surface area contributed by atoms with Crippen LogP contribution in [-0.4, -0.2) is 43.8 Å². The molecule has 0 aromatic rings. The summed E-state index contributed by atoms with van der Waals surface area (Å²) in [4.78, 5) is 2.42. The van der Waals surface area contributed by atoms with Crippen LogP contribution in [0.15, 0.2) is 0 Å². The lowest BCUT2D eigenvalue weighted by Gasteiger charge is -2.32. The van der Waals surface area contributed by atoms with Gasteiger partial charge in [0, 0.05) is 19.2 Å². The molecule has 15 heavy (non-hydrogen) atoms. The molecule has 0 aliphatic carbocycles. The number of ether oxygens (including phenoxy) is 1. The Balaban J connectivity index is 2.27. The van der Waals surface area contributed by atoms with E-state index in [2.05, 4.69) is 18.9 Å². The van der Waals surface area contributed by atoms with E-state index in [1.807, 2.05) is 0 Å². The van der Waals surface area contributed by atoms with E-state index in [4.69, 9.17) is 10.5 Å². The van der Waals surface area contributed by atoms with Crippen LogP contribution >= 0.6 is 0 Å². The first kappa shape index (κ1) is 12.9. The summed E-state index contributed by atoms with van der Waals surface area (Å²) in [5.74, 6) is 0. The molecule has 3 nitrogen and oxygen atoms in total. The average Bonchev–Trinajstić information content (AvgIpc) is 2.27. The summed E-state index contributed by atoms with van der Waals surface area (Å²) in [5, 5.41) is 0. The molecule has 2 N–H and O–H groups in total. The molecule has 1 heterocycles. The van der Waals surface area contributed by atoms with Crippen molar-refractivity contribution in [2.45, 2.75) is 51.2 Å². The first-order valence-electron chi connectivity index (χ1n) is 6.29. The van der Waals surface area contributed by atoms with Crippen LogP contribution in [-0.2, 0) is 4.74 Å². The second-order valence-corrected chi connectivity index (χ2v) is 4.57. The zero-order valence-corrected chi connectivity index (χ0v) is 10.2. The number of rotatable bonds is 6. The van der Waals surface area contributed by atoms with Crippen LogP contribution in [0.5, 0.6) is 0 Å². The van der Waals surface area contributed by atoms with Crippen LogP contribution in [0.1, 0.15) is 39.0 Å². The summed E-state index contributed by atoms with van der Waals surface area (Å²) in [6.45, 7) is 5.04. The third kappa shape index (κ3) is 4.49. The Morgan fingerprint density at radius 3 is 2.80 bits per heavy atom. The molecule has 1 rings (SSSR count). The molecule has 0 aromatic heterocycles. The van der Waals surface area contributed by atoms with Gasteiger partial charge in [0.05, 0.1) is 6.10 Å². The maximum Gasteiger partial charge on any atom is 0.0702 e. The van der Waals surface area contributed by atoms with Crippen LogP contribution in [0.4, 0.5) is 0 Å². The third-order valence-electron chi connectivity index (χ3n) is 3.36. The Kier molecular flexibility index (Phi) is 6.22. The fraction of sp³-hybridized carbons (Fsp3) is 1.00. The summed E-state index contributed by atoms with van der Waals surface area (Å²) in [6, 6.07) is 0.625. The van der Waals surface area contributed by atoms with E-state index in [1.54, 1.807) is 0 Å². The highest BCUT2D eigenvalue weighted by molar-refractivity contribution is 4.73. The van der Waals surface area contributed by atoms with Crippen molar-refractivity contribution in [1.82, 2.24) is 4.90 Å². The molecule has 0 bridgehead atoms. The Morgan fingerprint density at radius 1 is 1.47 bits per heavy atom. The number of likely N-dealkylation sites (N-methyl/N-ethyl adjacent to an activating group) is 1. The Morgan fingerprint density at radius 2 is 2.27 bits per heavy atom. The molecular formula is C12H26N2O. The lowest BCUT2D eigenvalue weighted by molar-refractivity contribution is -0.00886. The van der Waals surface area contributed by atoms with Crippen LogP contribution in [0.25, 0.3) is 0 Å². The summed E-state index contributed by atoms with van der Waals surface area (Å²) in [7, 11) is 2.20. The van der Waals surface area contributed by atoms with Gasteiger partial charge in [0.15, 0.2) is 0 Å². The van der Waals surface area contributed by atoms with Gasteiger partial charge in [0.25, 0.3) is 0 Å². The molecule has 2 unspecified atom stereocenters. The smallest absolute Gasteiger partial charge is 0.0702 e. The summed E-state index contributed by atoms with van der Waals surface area (Å²) in [6.07, 6.45) is 6.52. The fourth-order valence-corrected chi connectivity index (χ4v) is 2.35. The predicted octanol–water partition coefficient (Wildman–Crippen LogP) is 1.61. The van der Waals surface area contributed by atoms with Crippen molar-refractivity contribution in [1.29, 1.82) is 0 Å². The summed E-state index contributed by atoms with van der Waals surface area (Å²) < 4.78 is 5.75. The number of nitrogens with zero attached hydrogens (tertiary/aromatic N) is 1. The van der Waals surface area contributed by atoms with Crippen molar-refractivity contribution in [2.75, 3.05) is 26.7 Å². The van der Waals surface area contributed by atoms with Gasteiger partial charge in [0.2, 0.25) is 0 Å². The lowest BCUT2D eigenvalue weighted by Crippen LogP contribution is -2.40. The molecule has 3 heteroatoms. The van der Waals surface area contributed by atoms with Gasteiger partial charge in [0.1, 0.15) is 0 Å².